The largest absolute Gasteiger partial charge is 0.494 e. The summed E-state index contributed by atoms with van der Waals surface area (Å²) >= 11 is 4.08. The van der Waals surface area contributed by atoms with Gasteiger partial charge in [-0.05, 0) is 53.6 Å². The van der Waals surface area contributed by atoms with Crippen LogP contribution in [0.3, 0.4) is 0 Å². The zero-order valence-electron chi connectivity index (χ0n) is 18.5. The number of nitrogens with two attached hydrogens (primary N) is 1. The molecule has 0 radical (unpaired) electrons. The molecule has 3 rings (SSSR count). The topological polar surface area (TPSA) is 64.8 Å². The summed E-state index contributed by atoms with van der Waals surface area (Å²) in [6, 6.07) is 25.0. The molecule has 0 atom stereocenters. The van der Waals surface area contributed by atoms with E-state index in [0.717, 1.165) is 22.9 Å². The molecule has 2 amide bonds. The number of hydrogen-bond donors (Lipinski definition) is 2. The van der Waals surface area contributed by atoms with Crippen molar-refractivity contribution in [3.05, 3.63) is 78.9 Å². The van der Waals surface area contributed by atoms with Crippen LogP contribution in [0.15, 0.2) is 78.9 Å². The predicted octanol–water partition coefficient (Wildman–Crippen LogP) is 6.35. The Labute approximate surface area is 195 Å². The van der Waals surface area contributed by atoms with Crippen molar-refractivity contribution in [3.8, 4) is 22.6 Å². The normalized spacial score (nSPS) is 11.1. The van der Waals surface area contributed by atoms with Crippen LogP contribution in [0.5, 0.6) is 11.5 Å². The molecule has 0 aliphatic heterocycles. The van der Waals surface area contributed by atoms with Crippen molar-refractivity contribution in [2.75, 3.05) is 17.5 Å². The third kappa shape index (κ3) is 6.95. The summed E-state index contributed by atoms with van der Waals surface area (Å²) in [5, 5.41) is 0. The van der Waals surface area contributed by atoms with Gasteiger partial charge in [0.25, 0.3) is 0 Å². The Morgan fingerprint density at radius 1 is 0.844 bits per heavy atom. The highest BCUT2D eigenvalue weighted by atomic mass is 32.1. The zero-order chi connectivity index (χ0) is 23.0. The molecule has 0 bridgehead atoms. The van der Waals surface area contributed by atoms with Crippen LogP contribution in [0.1, 0.15) is 26.7 Å². The number of carbonyl (C=O) groups excluding carboxylic acids is 1. The Hall–Kier alpha value is -3.12. The molecule has 0 aromatic heterocycles. The molecular weight excluding hydrogens is 420 g/mol. The number of ether oxygens (including phenoxy) is 2. The van der Waals surface area contributed by atoms with Gasteiger partial charge in [-0.2, -0.15) is 0 Å². The predicted molar refractivity (Wildman–Crippen MR) is 133 cm³/mol. The van der Waals surface area contributed by atoms with E-state index in [4.69, 9.17) is 15.2 Å². The number of thiol groups is 1. The van der Waals surface area contributed by atoms with E-state index in [1.54, 1.807) is 18.2 Å². The van der Waals surface area contributed by atoms with Crippen molar-refractivity contribution in [2.45, 2.75) is 26.7 Å². The van der Waals surface area contributed by atoms with E-state index in [1.807, 2.05) is 36.4 Å². The molecule has 5 nitrogen and oxygen atoms in total. The quantitative estimate of drug-likeness (QED) is 0.354. The lowest BCUT2D eigenvalue weighted by Crippen LogP contribution is -2.27. The van der Waals surface area contributed by atoms with Gasteiger partial charge in [0.15, 0.2) is 0 Å². The first kappa shape index (κ1) is 23.5. The molecule has 3 aromatic rings. The second-order valence-electron chi connectivity index (χ2n) is 8.40. The molecule has 0 saturated heterocycles. The summed E-state index contributed by atoms with van der Waals surface area (Å²) in [4.78, 5) is 11.3. The molecule has 2 N–H and O–H groups in total. The van der Waals surface area contributed by atoms with Crippen LogP contribution in [0, 0.1) is 5.41 Å². The molecule has 0 saturated carbocycles. The van der Waals surface area contributed by atoms with Crippen LogP contribution in [0.25, 0.3) is 11.1 Å². The van der Waals surface area contributed by atoms with Gasteiger partial charge in [-0.15, -0.1) is 0 Å². The molecular formula is C26H30N2O3S. The molecule has 6 heteroatoms. The molecule has 32 heavy (non-hydrogen) atoms. The van der Waals surface area contributed by atoms with E-state index < -0.39 is 6.03 Å². The standard InChI is InChI=1S/C26H30N2O3S/c1-26(2,16-18-31-24-10-6-9-22(19-24)28(32)25(27)29)15-17-30-23-13-11-21(12-14-23)20-7-4-3-5-8-20/h3-14,19,32H,15-18H2,1-2H3,(H2,27,29). The van der Waals surface area contributed by atoms with Gasteiger partial charge in [-0.3, -0.25) is 0 Å². The molecule has 0 fully saturated rings. The number of carbonyl (C=O) groups is 1. The summed E-state index contributed by atoms with van der Waals surface area (Å²) in [5.74, 6) is 1.55. The van der Waals surface area contributed by atoms with Crippen molar-refractivity contribution in [3.63, 3.8) is 0 Å². The van der Waals surface area contributed by atoms with Gasteiger partial charge in [-0.25, -0.2) is 9.10 Å². The van der Waals surface area contributed by atoms with Gasteiger partial charge < -0.3 is 15.2 Å². The SMILES string of the molecule is CC(C)(CCOc1ccc(-c2ccccc2)cc1)CCOc1cccc(N(S)C(N)=O)c1. The van der Waals surface area contributed by atoms with Crippen molar-refractivity contribution < 1.29 is 14.3 Å². The Balaban J connectivity index is 1.43. The van der Waals surface area contributed by atoms with Gasteiger partial charge in [0.05, 0.1) is 18.9 Å². The number of urea groups is 1. The lowest BCUT2D eigenvalue weighted by molar-refractivity contribution is 0.181. The molecule has 3 aromatic carbocycles. The Kier molecular flexibility index (Phi) is 8.06. The number of amides is 2. The number of nitrogens with zero attached hydrogens (tertiary/aromatic N) is 1. The van der Waals surface area contributed by atoms with Crippen molar-refractivity contribution in [1.82, 2.24) is 0 Å². The van der Waals surface area contributed by atoms with Crippen LogP contribution in [-0.2, 0) is 0 Å². The van der Waals surface area contributed by atoms with Crippen molar-refractivity contribution in [1.29, 1.82) is 0 Å². The van der Waals surface area contributed by atoms with Gasteiger partial charge in [-0.1, -0.05) is 75.2 Å². The maximum Gasteiger partial charge on any atom is 0.329 e. The Morgan fingerprint density at radius 3 is 2.06 bits per heavy atom. The fraction of sp³-hybridized carbons (Fsp3) is 0.269. The average molecular weight is 451 g/mol. The first-order valence-electron chi connectivity index (χ1n) is 10.6. The van der Waals surface area contributed by atoms with Gasteiger partial charge in [0, 0.05) is 6.07 Å². The van der Waals surface area contributed by atoms with E-state index in [9.17, 15) is 4.79 Å². The molecule has 0 heterocycles. The third-order valence-corrected chi connectivity index (χ3v) is 5.76. The molecule has 0 unspecified atom stereocenters. The third-order valence-electron chi connectivity index (χ3n) is 5.33. The second kappa shape index (κ2) is 11.0. The van der Waals surface area contributed by atoms with Crippen molar-refractivity contribution >= 4 is 24.5 Å². The Morgan fingerprint density at radius 2 is 1.44 bits per heavy atom. The van der Waals surface area contributed by atoms with Crippen LogP contribution in [-0.4, -0.2) is 19.2 Å². The Bertz CT molecular complexity index is 1010. The number of primary amides is 1. The smallest absolute Gasteiger partial charge is 0.329 e. The summed E-state index contributed by atoms with van der Waals surface area (Å²) in [6.07, 6.45) is 1.77. The van der Waals surface area contributed by atoms with E-state index in [2.05, 4.69) is 50.9 Å². The average Bonchev–Trinajstić information content (AvgIpc) is 2.79. The lowest BCUT2D eigenvalue weighted by Gasteiger charge is -2.24. The van der Waals surface area contributed by atoms with E-state index in [0.29, 0.717) is 24.7 Å². The number of hydrogen-bond acceptors (Lipinski definition) is 4. The minimum atomic E-state index is -0.638. The van der Waals surface area contributed by atoms with E-state index >= 15 is 0 Å². The highest BCUT2D eigenvalue weighted by Crippen LogP contribution is 2.28. The highest BCUT2D eigenvalue weighted by Gasteiger charge is 2.18. The van der Waals surface area contributed by atoms with Gasteiger partial charge in [0.2, 0.25) is 0 Å². The maximum atomic E-state index is 11.3. The van der Waals surface area contributed by atoms with E-state index in [1.165, 1.54) is 11.1 Å². The molecule has 0 aliphatic carbocycles. The second-order valence-corrected chi connectivity index (χ2v) is 8.80. The molecule has 0 spiro atoms. The zero-order valence-corrected chi connectivity index (χ0v) is 19.4. The summed E-state index contributed by atoms with van der Waals surface area (Å²) < 4.78 is 12.9. The summed E-state index contributed by atoms with van der Waals surface area (Å²) in [5.41, 5.74) is 8.26. The number of benzene rings is 3. The van der Waals surface area contributed by atoms with Gasteiger partial charge >= 0.3 is 6.03 Å². The first-order chi connectivity index (χ1) is 15.3. The minimum Gasteiger partial charge on any atom is -0.494 e. The van der Waals surface area contributed by atoms with Crippen molar-refractivity contribution in [2.24, 2.45) is 11.1 Å². The molecule has 168 valence electrons. The van der Waals surface area contributed by atoms with E-state index in [-0.39, 0.29) is 5.41 Å². The number of rotatable bonds is 10. The lowest BCUT2D eigenvalue weighted by atomic mass is 9.86. The fourth-order valence-corrected chi connectivity index (χ4v) is 3.35. The molecule has 0 aliphatic rings. The van der Waals surface area contributed by atoms with Gasteiger partial charge in [0.1, 0.15) is 11.5 Å². The van der Waals surface area contributed by atoms with Crippen LogP contribution in [0.2, 0.25) is 0 Å². The van der Waals surface area contributed by atoms with Crippen LogP contribution in [0.4, 0.5) is 10.5 Å². The monoisotopic (exact) mass is 450 g/mol. The maximum absolute atomic E-state index is 11.3. The van der Waals surface area contributed by atoms with Crippen LogP contribution >= 0.6 is 12.8 Å². The minimum absolute atomic E-state index is 0.0599. The summed E-state index contributed by atoms with van der Waals surface area (Å²) in [7, 11) is 0. The number of anilines is 1. The highest BCUT2D eigenvalue weighted by molar-refractivity contribution is 7.82. The summed E-state index contributed by atoms with van der Waals surface area (Å²) in [6.45, 7) is 5.61. The first-order valence-corrected chi connectivity index (χ1v) is 11.0. The van der Waals surface area contributed by atoms with Crippen LogP contribution < -0.4 is 19.5 Å². The fourth-order valence-electron chi connectivity index (χ4n) is 3.22.